The topological polar surface area (TPSA) is 76.9 Å². The third-order valence-electron chi connectivity index (χ3n) is 6.25. The van der Waals surface area contributed by atoms with E-state index >= 15 is 0 Å². The molecule has 4 heterocycles. The molecule has 168 valence electrons. The highest BCUT2D eigenvalue weighted by molar-refractivity contribution is 5.73. The molecule has 0 aromatic carbocycles. The van der Waals surface area contributed by atoms with E-state index in [4.69, 9.17) is 4.42 Å². The van der Waals surface area contributed by atoms with Crippen LogP contribution in [0, 0.1) is 0 Å². The molecular weight excluding hydrogens is 392 g/mol. The van der Waals surface area contributed by atoms with Crippen LogP contribution in [0.5, 0.6) is 0 Å². The monoisotopic (exact) mass is 426 g/mol. The number of amides is 2. The van der Waals surface area contributed by atoms with Gasteiger partial charge in [0.15, 0.2) is 0 Å². The van der Waals surface area contributed by atoms with E-state index in [0.29, 0.717) is 13.1 Å². The van der Waals surface area contributed by atoms with Crippen LogP contribution in [0.25, 0.3) is 0 Å². The summed E-state index contributed by atoms with van der Waals surface area (Å²) in [6.45, 7) is 7.13. The smallest absolute Gasteiger partial charge is 0.315 e. The van der Waals surface area contributed by atoms with Crippen molar-refractivity contribution in [3.63, 3.8) is 0 Å². The standard InChI is InChI=1S/C23H34N6O2/c1-27-11-13-29(14-12-27)22-16-19(7-8-24-22)17-25-23(30)26-18-20(21-6-5-15-31-21)28-9-3-2-4-10-28/h5-8,15-16,20H,2-4,9-14,17-18H2,1H3,(H2,25,26,30). The highest BCUT2D eigenvalue weighted by Crippen LogP contribution is 2.24. The number of nitrogens with zero attached hydrogens (tertiary/aromatic N) is 4. The van der Waals surface area contributed by atoms with Gasteiger partial charge in [-0.05, 0) is 62.8 Å². The van der Waals surface area contributed by atoms with Crippen LogP contribution in [-0.2, 0) is 6.54 Å². The van der Waals surface area contributed by atoms with Crippen LogP contribution in [0.4, 0.5) is 10.6 Å². The molecule has 2 aliphatic heterocycles. The molecule has 8 heteroatoms. The third-order valence-corrected chi connectivity index (χ3v) is 6.25. The summed E-state index contributed by atoms with van der Waals surface area (Å²) in [5.74, 6) is 1.89. The van der Waals surface area contributed by atoms with Gasteiger partial charge in [-0.3, -0.25) is 4.90 Å². The summed E-state index contributed by atoms with van der Waals surface area (Å²) in [6.07, 6.45) is 7.19. The Morgan fingerprint density at radius 3 is 2.65 bits per heavy atom. The largest absolute Gasteiger partial charge is 0.468 e. The van der Waals surface area contributed by atoms with Gasteiger partial charge >= 0.3 is 6.03 Å². The van der Waals surface area contributed by atoms with Gasteiger partial charge in [-0.1, -0.05) is 6.42 Å². The molecule has 2 aromatic rings. The Morgan fingerprint density at radius 2 is 1.90 bits per heavy atom. The maximum atomic E-state index is 12.5. The normalized spacial score (nSPS) is 19.2. The number of hydrogen-bond donors (Lipinski definition) is 2. The van der Waals surface area contributed by atoms with Crippen molar-refractivity contribution in [2.75, 3.05) is 57.8 Å². The van der Waals surface area contributed by atoms with E-state index in [-0.39, 0.29) is 12.1 Å². The quantitative estimate of drug-likeness (QED) is 0.708. The molecule has 2 aliphatic rings. The van der Waals surface area contributed by atoms with Gasteiger partial charge in [0.2, 0.25) is 0 Å². The van der Waals surface area contributed by atoms with Crippen molar-refractivity contribution < 1.29 is 9.21 Å². The number of piperazine rings is 1. The number of likely N-dealkylation sites (N-methyl/N-ethyl adjacent to an activating group) is 1. The number of carbonyl (C=O) groups excluding carboxylic acids is 1. The zero-order chi connectivity index (χ0) is 21.5. The first-order chi connectivity index (χ1) is 15.2. The number of likely N-dealkylation sites (tertiary alicyclic amines) is 1. The Labute approximate surface area is 184 Å². The van der Waals surface area contributed by atoms with Crippen molar-refractivity contribution in [3.05, 3.63) is 48.0 Å². The molecule has 0 spiro atoms. The van der Waals surface area contributed by atoms with E-state index in [9.17, 15) is 4.79 Å². The Hall–Kier alpha value is -2.58. The van der Waals surface area contributed by atoms with Crippen LogP contribution in [0.15, 0.2) is 41.1 Å². The van der Waals surface area contributed by atoms with E-state index in [0.717, 1.165) is 56.4 Å². The van der Waals surface area contributed by atoms with Crippen LogP contribution in [0.2, 0.25) is 0 Å². The SMILES string of the molecule is CN1CCN(c2cc(CNC(=O)NCC(c3ccco3)N3CCCCC3)ccn2)CC1. The zero-order valence-corrected chi connectivity index (χ0v) is 18.4. The van der Waals surface area contributed by atoms with Gasteiger partial charge in [-0.2, -0.15) is 0 Å². The van der Waals surface area contributed by atoms with Crippen molar-refractivity contribution in [2.24, 2.45) is 0 Å². The van der Waals surface area contributed by atoms with E-state index < -0.39 is 0 Å². The highest BCUT2D eigenvalue weighted by Gasteiger charge is 2.25. The Balaban J connectivity index is 1.28. The Morgan fingerprint density at radius 1 is 1.10 bits per heavy atom. The first-order valence-corrected chi connectivity index (χ1v) is 11.4. The summed E-state index contributed by atoms with van der Waals surface area (Å²) in [6, 6.07) is 7.85. The number of aromatic nitrogens is 1. The number of piperidine rings is 1. The number of carbonyl (C=O) groups is 1. The molecule has 1 atom stereocenters. The van der Waals surface area contributed by atoms with Crippen molar-refractivity contribution in [2.45, 2.75) is 31.8 Å². The van der Waals surface area contributed by atoms with Gasteiger partial charge in [0, 0.05) is 45.5 Å². The summed E-state index contributed by atoms with van der Waals surface area (Å²) < 4.78 is 5.66. The van der Waals surface area contributed by atoms with Crippen molar-refractivity contribution in [3.8, 4) is 0 Å². The molecule has 0 bridgehead atoms. The summed E-state index contributed by atoms with van der Waals surface area (Å²) >= 11 is 0. The van der Waals surface area contributed by atoms with Crippen molar-refractivity contribution >= 4 is 11.8 Å². The van der Waals surface area contributed by atoms with E-state index in [1.807, 2.05) is 24.4 Å². The average Bonchev–Trinajstić information content (AvgIpc) is 3.34. The first kappa shape index (κ1) is 21.6. The van der Waals surface area contributed by atoms with Gasteiger partial charge in [0.05, 0.1) is 12.3 Å². The molecule has 2 fully saturated rings. The van der Waals surface area contributed by atoms with Gasteiger partial charge in [0.25, 0.3) is 0 Å². The second-order valence-electron chi connectivity index (χ2n) is 8.50. The molecule has 0 saturated carbocycles. The van der Waals surface area contributed by atoms with E-state index in [1.54, 1.807) is 6.26 Å². The molecule has 2 saturated heterocycles. The molecule has 8 nitrogen and oxygen atoms in total. The molecule has 1 unspecified atom stereocenters. The minimum absolute atomic E-state index is 0.0748. The van der Waals surface area contributed by atoms with Crippen molar-refractivity contribution in [1.82, 2.24) is 25.4 Å². The second kappa shape index (κ2) is 10.6. The number of rotatable bonds is 7. The van der Waals surface area contributed by atoms with Gasteiger partial charge in [-0.25, -0.2) is 9.78 Å². The predicted molar refractivity (Wildman–Crippen MR) is 121 cm³/mol. The molecule has 2 N–H and O–H groups in total. The lowest BCUT2D eigenvalue weighted by Crippen LogP contribution is -2.45. The number of anilines is 1. The van der Waals surface area contributed by atoms with E-state index in [2.05, 4.69) is 43.4 Å². The maximum Gasteiger partial charge on any atom is 0.315 e. The number of urea groups is 1. The third kappa shape index (κ3) is 5.98. The van der Waals surface area contributed by atoms with E-state index in [1.165, 1.54) is 19.3 Å². The van der Waals surface area contributed by atoms with Crippen LogP contribution in [0.1, 0.15) is 36.6 Å². The maximum absolute atomic E-state index is 12.5. The van der Waals surface area contributed by atoms with Crippen LogP contribution < -0.4 is 15.5 Å². The lowest BCUT2D eigenvalue weighted by molar-refractivity contribution is 0.143. The van der Waals surface area contributed by atoms with Gasteiger partial charge < -0.3 is 24.9 Å². The fraction of sp³-hybridized carbons (Fsp3) is 0.565. The number of furan rings is 1. The average molecular weight is 427 g/mol. The van der Waals surface area contributed by atoms with Crippen molar-refractivity contribution in [1.29, 1.82) is 0 Å². The molecule has 0 radical (unpaired) electrons. The fourth-order valence-electron chi connectivity index (χ4n) is 4.33. The summed E-state index contributed by atoms with van der Waals surface area (Å²) in [5.41, 5.74) is 1.05. The Bertz CT molecular complexity index is 813. The van der Waals surface area contributed by atoms with Crippen LogP contribution in [-0.4, -0.2) is 73.7 Å². The molecule has 2 aromatic heterocycles. The van der Waals surface area contributed by atoms with Crippen LogP contribution in [0.3, 0.4) is 0 Å². The minimum atomic E-state index is -0.161. The summed E-state index contributed by atoms with van der Waals surface area (Å²) in [7, 11) is 2.14. The summed E-state index contributed by atoms with van der Waals surface area (Å²) in [5, 5.41) is 6.02. The van der Waals surface area contributed by atoms with Gasteiger partial charge in [-0.15, -0.1) is 0 Å². The number of nitrogens with one attached hydrogen (secondary N) is 2. The predicted octanol–water partition coefficient (Wildman–Crippen LogP) is 2.45. The lowest BCUT2D eigenvalue weighted by Gasteiger charge is -2.33. The first-order valence-electron chi connectivity index (χ1n) is 11.4. The molecule has 2 amide bonds. The van der Waals surface area contributed by atoms with Crippen LogP contribution >= 0.6 is 0 Å². The minimum Gasteiger partial charge on any atom is -0.468 e. The molecule has 0 aliphatic carbocycles. The molecule has 4 rings (SSSR count). The zero-order valence-electron chi connectivity index (χ0n) is 18.4. The summed E-state index contributed by atoms with van der Waals surface area (Å²) in [4.78, 5) is 24.0. The molecule has 31 heavy (non-hydrogen) atoms. The van der Waals surface area contributed by atoms with Gasteiger partial charge in [0.1, 0.15) is 11.6 Å². The lowest BCUT2D eigenvalue weighted by atomic mass is 10.1. The molecular formula is C23H34N6O2. The Kier molecular flexibility index (Phi) is 7.43. The highest BCUT2D eigenvalue weighted by atomic mass is 16.3. The number of hydrogen-bond acceptors (Lipinski definition) is 6. The second-order valence-corrected chi connectivity index (χ2v) is 8.50. The fourth-order valence-corrected chi connectivity index (χ4v) is 4.33. The number of pyridine rings is 1.